The van der Waals surface area contributed by atoms with Crippen LogP contribution in [0.1, 0.15) is 12.0 Å². The molecule has 0 heterocycles. The molecule has 0 fully saturated rings. The van der Waals surface area contributed by atoms with E-state index in [1.807, 2.05) is 30.3 Å². The number of hydrogen-bond donors (Lipinski definition) is 2. The van der Waals surface area contributed by atoms with E-state index >= 15 is 0 Å². The van der Waals surface area contributed by atoms with Gasteiger partial charge in [-0.3, -0.25) is 14.5 Å². The molecule has 0 spiro atoms. The topological polar surface area (TPSA) is 92.5 Å². The third kappa shape index (κ3) is 4.65. The van der Waals surface area contributed by atoms with Crippen LogP contribution in [0.5, 0.6) is 0 Å². The summed E-state index contributed by atoms with van der Waals surface area (Å²) in [5.41, 5.74) is 5.78. The van der Waals surface area contributed by atoms with Crippen LogP contribution in [0.3, 0.4) is 0 Å². The Morgan fingerprint density at radius 2 is 1.94 bits per heavy atom. The zero-order chi connectivity index (χ0) is 13.4. The first-order valence-corrected chi connectivity index (χ1v) is 5.45. The van der Waals surface area contributed by atoms with Crippen LogP contribution < -0.4 is 11.1 Å². The maximum Gasteiger partial charge on any atom is 0.324 e. The van der Waals surface area contributed by atoms with Gasteiger partial charge in [-0.2, -0.15) is 0 Å². The van der Waals surface area contributed by atoms with Gasteiger partial charge >= 0.3 is 6.03 Å². The number of carbonyl (C=O) groups excluding carboxylic acids is 3. The van der Waals surface area contributed by atoms with Crippen LogP contribution in [-0.4, -0.2) is 29.8 Å². The first-order chi connectivity index (χ1) is 8.63. The lowest BCUT2D eigenvalue weighted by Crippen LogP contribution is -2.39. The molecule has 0 radical (unpaired) electrons. The Morgan fingerprint density at radius 3 is 2.50 bits per heavy atom. The molecule has 0 aliphatic heterocycles. The van der Waals surface area contributed by atoms with Gasteiger partial charge in [0.15, 0.2) is 0 Å². The molecular formula is C12H15N3O3. The van der Waals surface area contributed by atoms with Gasteiger partial charge in [-0.05, 0) is 5.56 Å². The summed E-state index contributed by atoms with van der Waals surface area (Å²) >= 11 is 0. The molecule has 0 saturated heterocycles. The first kappa shape index (κ1) is 13.7. The zero-order valence-corrected chi connectivity index (χ0v) is 9.83. The minimum atomic E-state index is -0.546. The lowest BCUT2D eigenvalue weighted by molar-refractivity contribution is -0.117. The molecule has 18 heavy (non-hydrogen) atoms. The standard InChI is InChI=1S/C12H15N3O3/c13-11(17)6-7-14-12(18)15(9-16)8-10-4-2-1-3-5-10/h1-5,9H,6-8H2,(H2,13,17)(H,14,18). The van der Waals surface area contributed by atoms with Crippen molar-refractivity contribution < 1.29 is 14.4 Å². The van der Waals surface area contributed by atoms with E-state index < -0.39 is 11.9 Å². The fraction of sp³-hybridized carbons (Fsp3) is 0.250. The lowest BCUT2D eigenvalue weighted by atomic mass is 10.2. The first-order valence-electron chi connectivity index (χ1n) is 5.45. The number of nitrogens with two attached hydrogens (primary N) is 1. The van der Waals surface area contributed by atoms with Crippen LogP contribution in [0.4, 0.5) is 4.79 Å². The van der Waals surface area contributed by atoms with Crippen LogP contribution in [0.15, 0.2) is 30.3 Å². The van der Waals surface area contributed by atoms with E-state index in [9.17, 15) is 14.4 Å². The molecule has 0 bridgehead atoms. The third-order valence-electron chi connectivity index (χ3n) is 2.23. The van der Waals surface area contributed by atoms with Gasteiger partial charge in [0, 0.05) is 13.0 Å². The fourth-order valence-corrected chi connectivity index (χ4v) is 1.33. The number of nitrogens with zero attached hydrogens (tertiary/aromatic N) is 1. The number of amides is 4. The Bertz CT molecular complexity index is 420. The van der Waals surface area contributed by atoms with E-state index in [-0.39, 0.29) is 19.5 Å². The average molecular weight is 249 g/mol. The smallest absolute Gasteiger partial charge is 0.324 e. The summed E-state index contributed by atoms with van der Waals surface area (Å²) in [7, 11) is 0. The van der Waals surface area contributed by atoms with Crippen molar-refractivity contribution in [2.24, 2.45) is 5.73 Å². The molecule has 3 N–H and O–H groups in total. The highest BCUT2D eigenvalue weighted by Crippen LogP contribution is 2.02. The molecule has 0 aliphatic carbocycles. The summed E-state index contributed by atoms with van der Waals surface area (Å²) in [6, 6.07) is 8.57. The lowest BCUT2D eigenvalue weighted by Gasteiger charge is -2.16. The van der Waals surface area contributed by atoms with Crippen LogP contribution in [0, 0.1) is 0 Å². The molecule has 0 atom stereocenters. The second kappa shape index (κ2) is 7.05. The van der Waals surface area contributed by atoms with Crippen molar-refractivity contribution in [3.05, 3.63) is 35.9 Å². The minimum Gasteiger partial charge on any atom is -0.370 e. The van der Waals surface area contributed by atoms with E-state index in [1.54, 1.807) is 0 Å². The van der Waals surface area contributed by atoms with Crippen molar-refractivity contribution in [2.75, 3.05) is 6.54 Å². The summed E-state index contributed by atoms with van der Waals surface area (Å²) in [5.74, 6) is -0.504. The van der Waals surface area contributed by atoms with Crippen LogP contribution in [0.2, 0.25) is 0 Å². The van der Waals surface area contributed by atoms with Crippen molar-refractivity contribution in [2.45, 2.75) is 13.0 Å². The Balaban J connectivity index is 2.48. The molecule has 6 nitrogen and oxygen atoms in total. The maximum atomic E-state index is 11.6. The monoisotopic (exact) mass is 249 g/mol. The molecule has 0 aliphatic rings. The second-order valence-electron chi connectivity index (χ2n) is 3.67. The number of hydrogen-bond acceptors (Lipinski definition) is 3. The Kier molecular flexibility index (Phi) is 5.37. The second-order valence-corrected chi connectivity index (χ2v) is 3.67. The minimum absolute atomic E-state index is 0.0454. The van der Waals surface area contributed by atoms with Gasteiger partial charge < -0.3 is 11.1 Å². The molecule has 0 saturated carbocycles. The molecular weight excluding hydrogens is 234 g/mol. The van der Waals surface area contributed by atoms with Gasteiger partial charge in [0.05, 0.1) is 6.54 Å². The van der Waals surface area contributed by atoms with Gasteiger partial charge in [0.2, 0.25) is 12.3 Å². The maximum absolute atomic E-state index is 11.6. The van der Waals surface area contributed by atoms with E-state index in [1.165, 1.54) is 0 Å². The Hall–Kier alpha value is -2.37. The largest absolute Gasteiger partial charge is 0.370 e. The Labute approximate surface area is 105 Å². The van der Waals surface area contributed by atoms with E-state index in [0.29, 0.717) is 6.41 Å². The van der Waals surface area contributed by atoms with E-state index in [4.69, 9.17) is 5.73 Å². The molecule has 6 heteroatoms. The van der Waals surface area contributed by atoms with E-state index in [0.717, 1.165) is 10.5 Å². The van der Waals surface area contributed by atoms with Crippen molar-refractivity contribution >= 4 is 18.3 Å². The third-order valence-corrected chi connectivity index (χ3v) is 2.23. The normalized spacial score (nSPS) is 9.56. The highest BCUT2D eigenvalue weighted by atomic mass is 16.2. The van der Waals surface area contributed by atoms with Gasteiger partial charge in [-0.1, -0.05) is 30.3 Å². The average Bonchev–Trinajstić information content (AvgIpc) is 2.36. The number of benzene rings is 1. The number of urea groups is 1. The van der Waals surface area contributed by atoms with E-state index in [2.05, 4.69) is 5.32 Å². The summed E-state index contributed by atoms with van der Waals surface area (Å²) < 4.78 is 0. The van der Waals surface area contributed by atoms with Gasteiger partial charge in [-0.15, -0.1) is 0 Å². The van der Waals surface area contributed by atoms with Crippen molar-refractivity contribution in [3.63, 3.8) is 0 Å². The molecule has 1 rings (SSSR count). The van der Waals surface area contributed by atoms with Crippen LogP contribution in [0.25, 0.3) is 0 Å². The highest BCUT2D eigenvalue weighted by Gasteiger charge is 2.12. The predicted octanol–water partition coefficient (Wildman–Crippen LogP) is 0.230. The summed E-state index contributed by atoms with van der Waals surface area (Å²) in [6.45, 7) is 0.306. The number of primary amides is 1. The zero-order valence-electron chi connectivity index (χ0n) is 9.83. The quantitative estimate of drug-likeness (QED) is 0.707. The molecule has 4 amide bonds. The highest BCUT2D eigenvalue weighted by molar-refractivity contribution is 5.85. The van der Waals surface area contributed by atoms with Crippen molar-refractivity contribution in [1.82, 2.24) is 10.2 Å². The molecule has 0 unspecified atom stereocenters. The number of carbonyl (C=O) groups is 3. The summed E-state index contributed by atoms with van der Waals surface area (Å²) in [6.07, 6.45) is 0.496. The van der Waals surface area contributed by atoms with Gasteiger partial charge in [0.1, 0.15) is 0 Å². The fourth-order valence-electron chi connectivity index (χ4n) is 1.33. The SMILES string of the molecule is NC(=O)CCNC(=O)N(C=O)Cc1ccccc1. The molecule has 1 aromatic rings. The van der Waals surface area contributed by atoms with Crippen LogP contribution in [-0.2, 0) is 16.1 Å². The molecule has 96 valence electrons. The van der Waals surface area contributed by atoms with Crippen LogP contribution >= 0.6 is 0 Å². The molecule has 0 aromatic heterocycles. The van der Waals surface area contributed by atoms with Gasteiger partial charge in [0.25, 0.3) is 0 Å². The predicted molar refractivity (Wildman–Crippen MR) is 65.3 cm³/mol. The summed E-state index contributed by atoms with van der Waals surface area (Å²) in [5, 5.41) is 2.44. The summed E-state index contributed by atoms with van der Waals surface area (Å²) in [4.78, 5) is 33.9. The number of imide groups is 1. The van der Waals surface area contributed by atoms with Gasteiger partial charge in [-0.25, -0.2) is 4.79 Å². The molecule has 1 aromatic carbocycles. The number of nitrogens with one attached hydrogen (secondary N) is 1. The van der Waals surface area contributed by atoms with Crippen molar-refractivity contribution in [1.29, 1.82) is 0 Å². The van der Waals surface area contributed by atoms with Crippen molar-refractivity contribution in [3.8, 4) is 0 Å². The number of rotatable bonds is 6. The Morgan fingerprint density at radius 1 is 1.28 bits per heavy atom.